The zero-order valence-corrected chi connectivity index (χ0v) is 18.3. The maximum atomic E-state index is 12.1. The molecule has 2 atom stereocenters. The number of nitro groups is 1. The lowest BCUT2D eigenvalue weighted by molar-refractivity contribution is -0.384. The summed E-state index contributed by atoms with van der Waals surface area (Å²) in [5, 5.41) is 17.9. The van der Waals surface area contributed by atoms with E-state index in [2.05, 4.69) is 6.07 Å². The highest BCUT2D eigenvalue weighted by molar-refractivity contribution is 6.06. The summed E-state index contributed by atoms with van der Waals surface area (Å²) in [4.78, 5) is 22.8. The Morgan fingerprint density at radius 1 is 1.28 bits per heavy atom. The second kappa shape index (κ2) is 8.82. The SMILES string of the molecule is CCOC(=O)C=C(C)N1N=C2c3cc(OC)ccc3CC[C@H]2[C@@H]1c1ccc([N+](=O)[O-])cc1. The molecule has 2 aromatic carbocycles. The van der Waals surface area contributed by atoms with Gasteiger partial charge in [-0.25, -0.2) is 4.79 Å². The largest absolute Gasteiger partial charge is 0.497 e. The van der Waals surface area contributed by atoms with Crippen LogP contribution in [0.5, 0.6) is 5.75 Å². The van der Waals surface area contributed by atoms with Gasteiger partial charge in [0.2, 0.25) is 0 Å². The number of ether oxygens (including phenoxy) is 2. The molecule has 2 aliphatic rings. The maximum absolute atomic E-state index is 12.1. The Morgan fingerprint density at radius 2 is 2.03 bits per heavy atom. The second-order valence-corrected chi connectivity index (χ2v) is 7.83. The molecular weight excluding hydrogens is 410 g/mol. The van der Waals surface area contributed by atoms with Gasteiger partial charge in [0, 0.05) is 35.4 Å². The Bertz CT molecular complexity index is 1110. The number of esters is 1. The van der Waals surface area contributed by atoms with E-state index in [-0.39, 0.29) is 17.6 Å². The van der Waals surface area contributed by atoms with Crippen LogP contribution in [0, 0.1) is 16.0 Å². The number of allylic oxidation sites excluding steroid dienone is 1. The number of fused-ring (bicyclic) bond motifs is 3. The van der Waals surface area contributed by atoms with E-state index in [1.54, 1.807) is 26.2 Å². The van der Waals surface area contributed by atoms with Crippen LogP contribution in [0.3, 0.4) is 0 Å². The molecule has 8 heteroatoms. The third-order valence-electron chi connectivity index (χ3n) is 5.95. The van der Waals surface area contributed by atoms with Crippen molar-refractivity contribution in [3.8, 4) is 5.75 Å². The van der Waals surface area contributed by atoms with Crippen molar-refractivity contribution in [2.24, 2.45) is 11.0 Å². The first-order valence-electron chi connectivity index (χ1n) is 10.6. The van der Waals surface area contributed by atoms with E-state index >= 15 is 0 Å². The Hall–Kier alpha value is -3.68. The van der Waals surface area contributed by atoms with E-state index in [4.69, 9.17) is 14.6 Å². The highest BCUT2D eigenvalue weighted by Crippen LogP contribution is 2.45. The van der Waals surface area contributed by atoms with Crippen LogP contribution < -0.4 is 4.74 Å². The number of hydrogen-bond donors (Lipinski definition) is 0. The van der Waals surface area contributed by atoms with Crippen molar-refractivity contribution in [3.63, 3.8) is 0 Å². The van der Waals surface area contributed by atoms with Crippen LogP contribution in [-0.2, 0) is 16.0 Å². The van der Waals surface area contributed by atoms with Gasteiger partial charge in [0.1, 0.15) is 5.75 Å². The minimum atomic E-state index is -0.426. The lowest BCUT2D eigenvalue weighted by Gasteiger charge is -2.31. The summed E-state index contributed by atoms with van der Waals surface area (Å²) in [6.45, 7) is 3.87. The molecule has 0 radical (unpaired) electrons. The molecule has 0 saturated heterocycles. The topological polar surface area (TPSA) is 94.3 Å². The van der Waals surface area contributed by atoms with Crippen molar-refractivity contribution >= 4 is 17.4 Å². The second-order valence-electron chi connectivity index (χ2n) is 7.83. The van der Waals surface area contributed by atoms with Crippen LogP contribution in [-0.4, -0.2) is 35.3 Å². The van der Waals surface area contributed by atoms with Crippen molar-refractivity contribution in [1.82, 2.24) is 5.01 Å². The molecule has 166 valence electrons. The molecule has 4 rings (SSSR count). The fourth-order valence-electron chi connectivity index (χ4n) is 4.46. The first-order valence-corrected chi connectivity index (χ1v) is 10.6. The summed E-state index contributed by atoms with van der Waals surface area (Å²) in [6.07, 6.45) is 3.21. The predicted octanol–water partition coefficient (Wildman–Crippen LogP) is 4.39. The van der Waals surface area contributed by atoms with Gasteiger partial charge in [-0.1, -0.05) is 18.2 Å². The molecule has 0 unspecified atom stereocenters. The molecule has 0 bridgehead atoms. The summed E-state index contributed by atoms with van der Waals surface area (Å²) < 4.78 is 10.5. The fourth-order valence-corrected chi connectivity index (χ4v) is 4.46. The number of hydrazone groups is 1. The van der Waals surface area contributed by atoms with Crippen molar-refractivity contribution in [2.45, 2.75) is 32.7 Å². The van der Waals surface area contributed by atoms with Gasteiger partial charge in [-0.3, -0.25) is 15.1 Å². The molecule has 1 aliphatic heterocycles. The van der Waals surface area contributed by atoms with Gasteiger partial charge in [0.25, 0.3) is 5.69 Å². The Morgan fingerprint density at radius 3 is 2.69 bits per heavy atom. The van der Waals surface area contributed by atoms with Gasteiger partial charge >= 0.3 is 5.97 Å². The van der Waals surface area contributed by atoms with Gasteiger partial charge < -0.3 is 9.47 Å². The summed E-state index contributed by atoms with van der Waals surface area (Å²) in [6, 6.07) is 12.4. The molecule has 1 heterocycles. The standard InChI is InChI=1S/C24H25N3O5/c1-4-32-22(28)13-15(2)26-24(17-5-9-18(10-6-17)27(29)30)20-12-8-16-7-11-19(31-3)14-21(16)23(20)25-26/h5-7,9-11,13-14,20,24H,4,8,12H2,1-3H3/t20-,24+/m1/s1. The highest BCUT2D eigenvalue weighted by atomic mass is 16.6. The van der Waals surface area contributed by atoms with E-state index in [1.807, 2.05) is 24.1 Å². The lowest BCUT2D eigenvalue weighted by atomic mass is 9.77. The van der Waals surface area contributed by atoms with Crippen LogP contribution in [0.1, 0.15) is 43.0 Å². The summed E-state index contributed by atoms with van der Waals surface area (Å²) >= 11 is 0. The number of aryl methyl sites for hydroxylation is 1. The predicted molar refractivity (Wildman–Crippen MR) is 119 cm³/mol. The number of nitrogens with zero attached hydrogens (tertiary/aromatic N) is 3. The molecule has 0 amide bonds. The van der Waals surface area contributed by atoms with Crippen LogP contribution in [0.2, 0.25) is 0 Å². The Balaban J connectivity index is 1.78. The quantitative estimate of drug-likeness (QED) is 0.289. The average Bonchev–Trinajstić information content (AvgIpc) is 3.19. The highest BCUT2D eigenvalue weighted by Gasteiger charge is 2.42. The first kappa shape index (κ1) is 21.5. The maximum Gasteiger partial charge on any atom is 0.332 e. The Labute approximate surface area is 186 Å². The third-order valence-corrected chi connectivity index (χ3v) is 5.95. The van der Waals surface area contributed by atoms with Crippen LogP contribution in [0.4, 0.5) is 5.69 Å². The van der Waals surface area contributed by atoms with E-state index < -0.39 is 10.9 Å². The van der Waals surface area contributed by atoms with Crippen molar-refractivity contribution in [3.05, 3.63) is 81.0 Å². The number of non-ortho nitro benzene ring substituents is 1. The van der Waals surface area contributed by atoms with E-state index in [0.717, 1.165) is 35.4 Å². The van der Waals surface area contributed by atoms with E-state index in [0.29, 0.717) is 12.3 Å². The van der Waals surface area contributed by atoms with Gasteiger partial charge in [0.15, 0.2) is 0 Å². The van der Waals surface area contributed by atoms with Crippen LogP contribution in [0.25, 0.3) is 0 Å². The number of carbonyl (C=O) groups is 1. The smallest absolute Gasteiger partial charge is 0.332 e. The average molecular weight is 435 g/mol. The molecule has 0 saturated carbocycles. The van der Waals surface area contributed by atoms with E-state index in [9.17, 15) is 14.9 Å². The van der Waals surface area contributed by atoms with E-state index in [1.165, 1.54) is 23.8 Å². The molecule has 0 aromatic heterocycles. The normalized spacial score (nSPS) is 19.7. The fraction of sp³-hybridized carbons (Fsp3) is 0.333. The lowest BCUT2D eigenvalue weighted by Crippen LogP contribution is -2.28. The first-order chi connectivity index (χ1) is 15.4. The van der Waals surface area contributed by atoms with Crippen molar-refractivity contribution in [1.29, 1.82) is 0 Å². The number of hydrogen-bond acceptors (Lipinski definition) is 7. The van der Waals surface area contributed by atoms with Gasteiger partial charge in [-0.15, -0.1) is 0 Å². The van der Waals surface area contributed by atoms with Crippen molar-refractivity contribution < 1.29 is 19.2 Å². The molecule has 32 heavy (non-hydrogen) atoms. The van der Waals surface area contributed by atoms with Crippen LogP contribution >= 0.6 is 0 Å². The zero-order chi connectivity index (χ0) is 22.8. The molecular formula is C24H25N3O5. The molecule has 8 nitrogen and oxygen atoms in total. The summed E-state index contributed by atoms with van der Waals surface area (Å²) in [5.41, 5.74) is 4.78. The molecule has 0 N–H and O–H groups in total. The minimum Gasteiger partial charge on any atom is -0.497 e. The zero-order valence-electron chi connectivity index (χ0n) is 18.3. The number of benzene rings is 2. The monoisotopic (exact) mass is 435 g/mol. The summed E-state index contributed by atoms with van der Waals surface area (Å²) in [5.74, 6) is 0.405. The minimum absolute atomic E-state index is 0.0388. The number of rotatable bonds is 6. The molecule has 0 spiro atoms. The number of methoxy groups -OCH3 is 1. The molecule has 2 aromatic rings. The Kier molecular flexibility index (Phi) is 5.94. The van der Waals surface area contributed by atoms with Gasteiger partial charge in [-0.2, -0.15) is 5.10 Å². The summed E-state index contributed by atoms with van der Waals surface area (Å²) in [7, 11) is 1.64. The van der Waals surface area contributed by atoms with Gasteiger partial charge in [0.05, 0.1) is 30.4 Å². The van der Waals surface area contributed by atoms with Crippen molar-refractivity contribution in [2.75, 3.05) is 13.7 Å². The van der Waals surface area contributed by atoms with Crippen LogP contribution in [0.15, 0.2) is 59.3 Å². The molecule has 0 fully saturated rings. The molecule has 1 aliphatic carbocycles. The number of nitro benzene ring substituents is 1. The third kappa shape index (κ3) is 3.95. The number of carbonyl (C=O) groups excluding carboxylic acids is 1. The van der Waals surface area contributed by atoms with Gasteiger partial charge in [-0.05, 0) is 49.9 Å².